The quantitative estimate of drug-likeness (QED) is 0.615. The third-order valence-corrected chi connectivity index (χ3v) is 2.64. The molecule has 1 aliphatic heterocycles. The summed E-state index contributed by atoms with van der Waals surface area (Å²) in [5, 5.41) is 17.9. The third-order valence-electron chi connectivity index (χ3n) is 2.64. The average Bonchev–Trinajstić information content (AvgIpc) is 2.70. The van der Waals surface area contributed by atoms with Crippen LogP contribution in [0, 0.1) is 0 Å². The van der Waals surface area contributed by atoms with E-state index >= 15 is 0 Å². The highest BCUT2D eigenvalue weighted by Crippen LogP contribution is 2.20. The van der Waals surface area contributed by atoms with E-state index in [1.54, 1.807) is 11.9 Å². The van der Waals surface area contributed by atoms with Crippen LogP contribution in [0.15, 0.2) is 0 Å². The lowest BCUT2D eigenvalue weighted by Gasteiger charge is -2.26. The zero-order chi connectivity index (χ0) is 11.7. The average molecular weight is 224 g/mol. The molecule has 1 aliphatic rings. The van der Waals surface area contributed by atoms with Gasteiger partial charge in [-0.2, -0.15) is 5.10 Å². The predicted molar refractivity (Wildman–Crippen MR) is 54.1 cm³/mol. The van der Waals surface area contributed by atoms with E-state index in [-0.39, 0.29) is 18.3 Å². The standard InChI is InChI=1S/C9H12N4O3/c1-10-9(16)13-3-2-6-5(4-13)7(8(14)15)12-11-6/h2-4H2,1H3,(H,10,16)(H,11,12)(H,14,15). The van der Waals surface area contributed by atoms with Crippen LogP contribution in [0.5, 0.6) is 0 Å². The summed E-state index contributed by atoms with van der Waals surface area (Å²) in [7, 11) is 1.55. The van der Waals surface area contributed by atoms with E-state index in [0.29, 0.717) is 18.5 Å². The maximum Gasteiger partial charge on any atom is 0.356 e. The third kappa shape index (κ3) is 1.60. The molecular formula is C9H12N4O3. The Morgan fingerprint density at radius 3 is 2.94 bits per heavy atom. The van der Waals surface area contributed by atoms with Crippen LogP contribution >= 0.6 is 0 Å². The molecule has 0 bridgehead atoms. The lowest BCUT2D eigenvalue weighted by atomic mass is 10.1. The number of urea groups is 1. The van der Waals surface area contributed by atoms with Gasteiger partial charge in [-0.3, -0.25) is 5.10 Å². The lowest BCUT2D eigenvalue weighted by molar-refractivity contribution is 0.0687. The van der Waals surface area contributed by atoms with Crippen LogP contribution in [0.25, 0.3) is 0 Å². The van der Waals surface area contributed by atoms with Gasteiger partial charge in [0.05, 0.1) is 6.54 Å². The highest BCUT2D eigenvalue weighted by molar-refractivity contribution is 5.87. The minimum Gasteiger partial charge on any atom is -0.476 e. The summed E-state index contributed by atoms with van der Waals surface area (Å²) in [4.78, 5) is 23.9. The van der Waals surface area contributed by atoms with Gasteiger partial charge in [-0.1, -0.05) is 0 Å². The molecule has 0 saturated carbocycles. The molecule has 2 rings (SSSR count). The summed E-state index contributed by atoms with van der Waals surface area (Å²) in [5.41, 5.74) is 1.41. The van der Waals surface area contributed by atoms with Crippen LogP contribution in [0.1, 0.15) is 21.7 Å². The molecule has 7 heteroatoms. The summed E-state index contributed by atoms with van der Waals surface area (Å²) in [6.07, 6.45) is 0.600. The van der Waals surface area contributed by atoms with Gasteiger partial charge in [-0.05, 0) is 0 Å². The summed E-state index contributed by atoms with van der Waals surface area (Å²) in [6.45, 7) is 0.848. The van der Waals surface area contributed by atoms with Crippen molar-refractivity contribution in [2.45, 2.75) is 13.0 Å². The van der Waals surface area contributed by atoms with Gasteiger partial charge in [-0.15, -0.1) is 0 Å². The summed E-state index contributed by atoms with van der Waals surface area (Å²) in [5.74, 6) is -1.07. The molecule has 0 spiro atoms. The van der Waals surface area contributed by atoms with E-state index in [2.05, 4.69) is 15.5 Å². The van der Waals surface area contributed by atoms with Crippen molar-refractivity contribution in [3.63, 3.8) is 0 Å². The molecule has 0 aromatic carbocycles. The Balaban J connectivity index is 2.27. The Morgan fingerprint density at radius 2 is 2.31 bits per heavy atom. The van der Waals surface area contributed by atoms with E-state index in [9.17, 15) is 9.59 Å². The van der Waals surface area contributed by atoms with Crippen molar-refractivity contribution in [1.29, 1.82) is 0 Å². The predicted octanol–water partition coefficient (Wildman–Crippen LogP) is -0.195. The van der Waals surface area contributed by atoms with Crippen molar-refractivity contribution in [3.05, 3.63) is 17.0 Å². The second-order valence-electron chi connectivity index (χ2n) is 3.56. The molecule has 0 fully saturated rings. The van der Waals surface area contributed by atoms with Gasteiger partial charge < -0.3 is 15.3 Å². The van der Waals surface area contributed by atoms with Gasteiger partial charge in [0.2, 0.25) is 0 Å². The van der Waals surface area contributed by atoms with Gasteiger partial charge in [0.15, 0.2) is 5.69 Å². The minimum absolute atomic E-state index is 0.00334. The maximum atomic E-state index is 11.4. The molecule has 7 nitrogen and oxygen atoms in total. The number of aromatic nitrogens is 2. The number of nitrogens with one attached hydrogen (secondary N) is 2. The highest BCUT2D eigenvalue weighted by Gasteiger charge is 2.26. The second-order valence-corrected chi connectivity index (χ2v) is 3.56. The number of nitrogens with zero attached hydrogens (tertiary/aromatic N) is 2. The van der Waals surface area contributed by atoms with Crippen molar-refractivity contribution < 1.29 is 14.7 Å². The number of carbonyl (C=O) groups excluding carboxylic acids is 1. The molecule has 0 radical (unpaired) electrons. The van der Waals surface area contributed by atoms with Crippen LogP contribution in [0.3, 0.4) is 0 Å². The molecule has 2 amide bonds. The molecule has 1 aromatic heterocycles. The molecule has 86 valence electrons. The molecule has 0 saturated heterocycles. The number of hydrogen-bond acceptors (Lipinski definition) is 3. The summed E-state index contributed by atoms with van der Waals surface area (Å²) in [6, 6.07) is -0.205. The van der Waals surface area contributed by atoms with E-state index in [1.807, 2.05) is 0 Å². The van der Waals surface area contributed by atoms with Gasteiger partial charge in [0, 0.05) is 31.3 Å². The Kier molecular flexibility index (Phi) is 2.51. The van der Waals surface area contributed by atoms with Crippen LogP contribution in [-0.2, 0) is 13.0 Å². The highest BCUT2D eigenvalue weighted by atomic mass is 16.4. The zero-order valence-electron chi connectivity index (χ0n) is 8.78. The number of rotatable bonds is 1. The van der Waals surface area contributed by atoms with E-state index in [4.69, 9.17) is 5.11 Å². The molecule has 16 heavy (non-hydrogen) atoms. The Hall–Kier alpha value is -2.05. The molecule has 2 heterocycles. The first-order valence-corrected chi connectivity index (χ1v) is 4.89. The summed E-state index contributed by atoms with van der Waals surface area (Å²) >= 11 is 0. The first kappa shape index (κ1) is 10.5. The smallest absolute Gasteiger partial charge is 0.356 e. The molecule has 0 unspecified atom stereocenters. The number of carbonyl (C=O) groups is 2. The fourth-order valence-electron chi connectivity index (χ4n) is 1.80. The van der Waals surface area contributed by atoms with Gasteiger partial charge in [0.1, 0.15) is 0 Å². The van der Waals surface area contributed by atoms with E-state index in [0.717, 1.165) is 5.69 Å². The molecule has 3 N–H and O–H groups in total. The topological polar surface area (TPSA) is 98.3 Å². The monoisotopic (exact) mass is 224 g/mol. The van der Waals surface area contributed by atoms with Crippen molar-refractivity contribution in [2.75, 3.05) is 13.6 Å². The fraction of sp³-hybridized carbons (Fsp3) is 0.444. The van der Waals surface area contributed by atoms with Crippen molar-refractivity contribution in [3.8, 4) is 0 Å². The van der Waals surface area contributed by atoms with Crippen LogP contribution in [0.2, 0.25) is 0 Å². The van der Waals surface area contributed by atoms with E-state index in [1.165, 1.54) is 0 Å². The second kappa shape index (κ2) is 3.84. The largest absolute Gasteiger partial charge is 0.476 e. The zero-order valence-corrected chi connectivity index (χ0v) is 8.78. The first-order chi connectivity index (χ1) is 7.63. The number of fused-ring (bicyclic) bond motifs is 1. The first-order valence-electron chi connectivity index (χ1n) is 4.89. The Morgan fingerprint density at radius 1 is 1.56 bits per heavy atom. The lowest BCUT2D eigenvalue weighted by Crippen LogP contribution is -2.41. The fourth-order valence-corrected chi connectivity index (χ4v) is 1.80. The summed E-state index contributed by atoms with van der Waals surface area (Å²) < 4.78 is 0. The number of H-pyrrole nitrogens is 1. The molecular weight excluding hydrogens is 212 g/mol. The Bertz CT molecular complexity index is 440. The number of hydrogen-bond donors (Lipinski definition) is 3. The van der Waals surface area contributed by atoms with Gasteiger partial charge in [0.25, 0.3) is 0 Å². The molecule has 1 aromatic rings. The number of aromatic amines is 1. The minimum atomic E-state index is -1.07. The SMILES string of the molecule is CNC(=O)N1CCc2[nH]nc(C(=O)O)c2C1. The van der Waals surface area contributed by atoms with Crippen LogP contribution < -0.4 is 5.32 Å². The molecule has 0 aliphatic carbocycles. The van der Waals surface area contributed by atoms with Crippen molar-refractivity contribution in [2.24, 2.45) is 0 Å². The number of carboxylic acids is 1. The maximum absolute atomic E-state index is 11.4. The van der Waals surface area contributed by atoms with Crippen molar-refractivity contribution in [1.82, 2.24) is 20.4 Å². The number of amides is 2. The number of carboxylic acid groups (broad SMARTS) is 1. The van der Waals surface area contributed by atoms with Gasteiger partial charge in [-0.25, -0.2) is 9.59 Å². The Labute approximate surface area is 91.4 Å². The van der Waals surface area contributed by atoms with Crippen LogP contribution in [-0.4, -0.2) is 45.8 Å². The normalized spacial score (nSPS) is 14.4. The van der Waals surface area contributed by atoms with E-state index < -0.39 is 5.97 Å². The molecule has 0 atom stereocenters. The van der Waals surface area contributed by atoms with Crippen molar-refractivity contribution >= 4 is 12.0 Å². The number of aromatic carboxylic acids is 1. The van der Waals surface area contributed by atoms with Gasteiger partial charge >= 0.3 is 12.0 Å². The van der Waals surface area contributed by atoms with Crippen LogP contribution in [0.4, 0.5) is 4.79 Å².